The van der Waals surface area contributed by atoms with Crippen LogP contribution in [0.5, 0.6) is 0 Å². The second-order valence-corrected chi connectivity index (χ2v) is 5.30. The highest BCUT2D eigenvalue weighted by Crippen LogP contribution is 2.25. The molecule has 1 nitrogen and oxygen atoms in total. The van der Waals surface area contributed by atoms with Crippen molar-refractivity contribution < 1.29 is 0 Å². The fraction of sp³-hybridized carbons (Fsp3) is 0.333. The van der Waals surface area contributed by atoms with Gasteiger partial charge in [-0.2, -0.15) is 0 Å². The minimum Gasteiger partial charge on any atom is -0.326 e. The summed E-state index contributed by atoms with van der Waals surface area (Å²) in [5.41, 5.74) is 9.65. The fourth-order valence-electron chi connectivity index (χ4n) is 1.88. The van der Waals surface area contributed by atoms with E-state index in [1.807, 2.05) is 0 Å². The lowest BCUT2D eigenvalue weighted by molar-refractivity contribution is 0.795. The molecule has 1 aromatic carbocycles. The summed E-state index contributed by atoms with van der Waals surface area (Å²) < 4.78 is 0. The number of benzene rings is 1. The van der Waals surface area contributed by atoms with Crippen molar-refractivity contribution >= 4 is 11.3 Å². The standard InChI is InChI=1S/C15H19NS/c1-2-3-4-12-5-7-13(8-6-12)14-9-15(10-16)17-11-14/h5-9,11H,2-4,10,16H2,1H3. The minimum absolute atomic E-state index is 0.638. The molecule has 0 aliphatic heterocycles. The van der Waals surface area contributed by atoms with Gasteiger partial charge in [-0.05, 0) is 41.0 Å². The highest BCUT2D eigenvalue weighted by molar-refractivity contribution is 7.10. The number of hydrogen-bond donors (Lipinski definition) is 1. The van der Waals surface area contributed by atoms with Crippen molar-refractivity contribution in [1.29, 1.82) is 0 Å². The van der Waals surface area contributed by atoms with Gasteiger partial charge < -0.3 is 5.73 Å². The van der Waals surface area contributed by atoms with E-state index < -0.39 is 0 Å². The van der Waals surface area contributed by atoms with Gasteiger partial charge in [0.15, 0.2) is 0 Å². The molecule has 17 heavy (non-hydrogen) atoms. The molecule has 0 fully saturated rings. The van der Waals surface area contributed by atoms with E-state index in [0.717, 1.165) is 0 Å². The molecule has 0 bridgehead atoms. The normalized spacial score (nSPS) is 10.7. The number of thiophene rings is 1. The molecule has 0 radical (unpaired) electrons. The number of nitrogens with two attached hydrogens (primary N) is 1. The van der Waals surface area contributed by atoms with Crippen LogP contribution in [0.3, 0.4) is 0 Å². The summed E-state index contributed by atoms with van der Waals surface area (Å²) in [6, 6.07) is 11.1. The van der Waals surface area contributed by atoms with Gasteiger partial charge in [-0.15, -0.1) is 11.3 Å². The molecule has 1 heterocycles. The average Bonchev–Trinajstić information content (AvgIpc) is 2.86. The lowest BCUT2D eigenvalue weighted by atomic mass is 10.0. The van der Waals surface area contributed by atoms with Crippen LogP contribution in [0.1, 0.15) is 30.2 Å². The summed E-state index contributed by atoms with van der Waals surface area (Å²) in [6.07, 6.45) is 3.72. The van der Waals surface area contributed by atoms with Crippen LogP contribution in [0.15, 0.2) is 35.7 Å². The molecule has 0 amide bonds. The third-order valence-electron chi connectivity index (χ3n) is 2.96. The molecule has 0 aliphatic rings. The highest BCUT2D eigenvalue weighted by Gasteiger charge is 2.01. The predicted octanol–water partition coefficient (Wildman–Crippen LogP) is 4.22. The summed E-state index contributed by atoms with van der Waals surface area (Å²) in [5, 5.41) is 2.18. The summed E-state index contributed by atoms with van der Waals surface area (Å²) >= 11 is 1.74. The SMILES string of the molecule is CCCCc1ccc(-c2csc(CN)c2)cc1. The second kappa shape index (κ2) is 5.99. The average molecular weight is 245 g/mol. The molecule has 1 aromatic heterocycles. The molecule has 0 atom stereocenters. The van der Waals surface area contributed by atoms with Crippen molar-refractivity contribution in [1.82, 2.24) is 0 Å². The largest absolute Gasteiger partial charge is 0.326 e. The molecule has 2 heteroatoms. The van der Waals surface area contributed by atoms with E-state index in [-0.39, 0.29) is 0 Å². The smallest absolute Gasteiger partial charge is 0.0274 e. The van der Waals surface area contributed by atoms with Gasteiger partial charge in [0.1, 0.15) is 0 Å². The Kier molecular flexibility index (Phi) is 4.35. The summed E-state index contributed by atoms with van der Waals surface area (Å²) in [6.45, 7) is 2.87. The van der Waals surface area contributed by atoms with Crippen LogP contribution in [-0.4, -0.2) is 0 Å². The van der Waals surface area contributed by atoms with Gasteiger partial charge >= 0.3 is 0 Å². The van der Waals surface area contributed by atoms with Crippen LogP contribution < -0.4 is 5.73 Å². The molecular formula is C15H19NS. The maximum atomic E-state index is 5.63. The molecule has 2 aromatic rings. The minimum atomic E-state index is 0.638. The van der Waals surface area contributed by atoms with Crippen molar-refractivity contribution in [3.63, 3.8) is 0 Å². The van der Waals surface area contributed by atoms with Gasteiger partial charge in [-0.25, -0.2) is 0 Å². The van der Waals surface area contributed by atoms with E-state index >= 15 is 0 Å². The summed E-state index contributed by atoms with van der Waals surface area (Å²) in [4.78, 5) is 1.25. The van der Waals surface area contributed by atoms with Crippen LogP contribution >= 0.6 is 11.3 Å². The third-order valence-corrected chi connectivity index (χ3v) is 3.92. The van der Waals surface area contributed by atoms with E-state index in [0.29, 0.717) is 6.54 Å². The second-order valence-electron chi connectivity index (χ2n) is 4.31. The Morgan fingerprint density at radius 2 is 1.88 bits per heavy atom. The van der Waals surface area contributed by atoms with Crippen molar-refractivity contribution in [2.75, 3.05) is 0 Å². The zero-order valence-corrected chi connectivity index (χ0v) is 11.1. The lowest BCUT2D eigenvalue weighted by Gasteiger charge is -2.02. The Balaban J connectivity index is 2.11. The van der Waals surface area contributed by atoms with E-state index in [9.17, 15) is 0 Å². The van der Waals surface area contributed by atoms with Gasteiger partial charge in [-0.1, -0.05) is 37.6 Å². The summed E-state index contributed by atoms with van der Waals surface area (Å²) in [5.74, 6) is 0. The molecule has 90 valence electrons. The maximum absolute atomic E-state index is 5.63. The Labute approximate surface area is 107 Å². The number of hydrogen-bond acceptors (Lipinski definition) is 2. The lowest BCUT2D eigenvalue weighted by Crippen LogP contribution is -1.91. The molecule has 0 saturated carbocycles. The fourth-order valence-corrected chi connectivity index (χ4v) is 2.66. The number of aryl methyl sites for hydroxylation is 1. The summed E-state index contributed by atoms with van der Waals surface area (Å²) in [7, 11) is 0. The first kappa shape index (κ1) is 12.3. The maximum Gasteiger partial charge on any atom is 0.0274 e. The number of unbranched alkanes of at least 4 members (excludes halogenated alkanes) is 1. The van der Waals surface area contributed by atoms with Crippen LogP contribution in [0.25, 0.3) is 11.1 Å². The van der Waals surface area contributed by atoms with Gasteiger partial charge in [0.2, 0.25) is 0 Å². The van der Waals surface area contributed by atoms with Gasteiger partial charge in [-0.3, -0.25) is 0 Å². The first-order valence-corrected chi connectivity index (χ1v) is 7.08. The van der Waals surface area contributed by atoms with E-state index in [2.05, 4.69) is 42.6 Å². The van der Waals surface area contributed by atoms with Gasteiger partial charge in [0.25, 0.3) is 0 Å². The molecule has 0 unspecified atom stereocenters. The van der Waals surface area contributed by atoms with E-state index in [1.54, 1.807) is 11.3 Å². The van der Waals surface area contributed by atoms with Crippen LogP contribution in [0.2, 0.25) is 0 Å². The van der Waals surface area contributed by atoms with Crippen molar-refractivity contribution in [2.24, 2.45) is 5.73 Å². The number of rotatable bonds is 5. The molecule has 2 rings (SSSR count). The quantitative estimate of drug-likeness (QED) is 0.838. The van der Waals surface area contributed by atoms with Crippen molar-refractivity contribution in [3.8, 4) is 11.1 Å². The molecule has 0 spiro atoms. The Morgan fingerprint density at radius 3 is 2.47 bits per heavy atom. The topological polar surface area (TPSA) is 26.0 Å². The van der Waals surface area contributed by atoms with E-state index in [1.165, 1.54) is 40.8 Å². The highest BCUT2D eigenvalue weighted by atomic mass is 32.1. The van der Waals surface area contributed by atoms with Crippen molar-refractivity contribution in [3.05, 3.63) is 46.2 Å². The zero-order valence-electron chi connectivity index (χ0n) is 10.3. The van der Waals surface area contributed by atoms with E-state index in [4.69, 9.17) is 5.73 Å². The Morgan fingerprint density at radius 1 is 1.12 bits per heavy atom. The van der Waals surface area contributed by atoms with Gasteiger partial charge in [0, 0.05) is 11.4 Å². The predicted molar refractivity (Wildman–Crippen MR) is 76.3 cm³/mol. The molecule has 0 saturated heterocycles. The van der Waals surface area contributed by atoms with Crippen LogP contribution in [0.4, 0.5) is 0 Å². The Bertz CT molecular complexity index is 456. The van der Waals surface area contributed by atoms with Crippen LogP contribution in [0, 0.1) is 0 Å². The third kappa shape index (κ3) is 3.18. The molecular weight excluding hydrogens is 226 g/mol. The monoisotopic (exact) mass is 245 g/mol. The van der Waals surface area contributed by atoms with Crippen LogP contribution in [-0.2, 0) is 13.0 Å². The first-order chi connectivity index (χ1) is 8.33. The first-order valence-electron chi connectivity index (χ1n) is 6.20. The van der Waals surface area contributed by atoms with Gasteiger partial charge in [0.05, 0.1) is 0 Å². The molecule has 0 aliphatic carbocycles. The zero-order chi connectivity index (χ0) is 12.1. The molecule has 2 N–H and O–H groups in total. The Hall–Kier alpha value is -1.12. The van der Waals surface area contributed by atoms with Crippen molar-refractivity contribution in [2.45, 2.75) is 32.7 Å².